The zero-order valence-corrected chi connectivity index (χ0v) is 10.7. The Labute approximate surface area is 96.9 Å². The Morgan fingerprint density at radius 3 is 2.56 bits per heavy atom. The van der Waals surface area contributed by atoms with Crippen molar-refractivity contribution in [1.29, 1.82) is 0 Å². The lowest BCUT2D eigenvalue weighted by Gasteiger charge is -2.32. The van der Waals surface area contributed by atoms with Crippen LogP contribution in [0.1, 0.15) is 20.3 Å². The highest BCUT2D eigenvalue weighted by Crippen LogP contribution is 2.33. The molecule has 0 amide bonds. The van der Waals surface area contributed by atoms with Crippen molar-refractivity contribution in [1.82, 2.24) is 4.90 Å². The van der Waals surface area contributed by atoms with E-state index in [9.17, 15) is 8.42 Å². The van der Waals surface area contributed by atoms with E-state index in [1.54, 1.807) is 0 Å². The zero-order chi connectivity index (χ0) is 12.6. The van der Waals surface area contributed by atoms with Crippen molar-refractivity contribution in [2.45, 2.75) is 31.9 Å². The number of hydrogen-bond acceptors (Lipinski definition) is 5. The standard InChI is InChI=1S/C10H18N2O3S/c1-8(11-4)12-7-9(6-10(12,2)3)15-16(5,13)14/h9H,1,4,6-7H2,2-3,5H3. The Hall–Kier alpha value is -0.880. The van der Waals surface area contributed by atoms with Gasteiger partial charge in [-0.2, -0.15) is 8.42 Å². The van der Waals surface area contributed by atoms with Crippen LogP contribution in [0.5, 0.6) is 0 Å². The molecule has 1 fully saturated rings. The first-order chi connectivity index (χ1) is 7.15. The van der Waals surface area contributed by atoms with Crippen LogP contribution in [0.25, 0.3) is 0 Å². The van der Waals surface area contributed by atoms with E-state index < -0.39 is 10.1 Å². The summed E-state index contributed by atoms with van der Waals surface area (Å²) in [4.78, 5) is 5.69. The molecule has 1 unspecified atom stereocenters. The number of likely N-dealkylation sites (tertiary alicyclic amines) is 1. The maximum atomic E-state index is 11.0. The Balaban J connectivity index is 2.79. The molecule has 0 aromatic rings. The van der Waals surface area contributed by atoms with E-state index in [2.05, 4.69) is 18.3 Å². The molecule has 1 saturated heterocycles. The third-order valence-corrected chi connectivity index (χ3v) is 3.27. The summed E-state index contributed by atoms with van der Waals surface area (Å²) < 4.78 is 27.1. The van der Waals surface area contributed by atoms with Gasteiger partial charge in [-0.1, -0.05) is 6.58 Å². The molecule has 0 aromatic carbocycles. The van der Waals surface area contributed by atoms with E-state index in [4.69, 9.17) is 4.18 Å². The van der Waals surface area contributed by atoms with Gasteiger partial charge in [0.1, 0.15) is 5.82 Å². The van der Waals surface area contributed by atoms with Gasteiger partial charge in [0.25, 0.3) is 10.1 Å². The average Bonchev–Trinajstić information content (AvgIpc) is 2.36. The minimum atomic E-state index is -3.42. The van der Waals surface area contributed by atoms with Crippen LogP contribution in [0.3, 0.4) is 0 Å². The molecule has 1 aliphatic heterocycles. The molecule has 0 radical (unpaired) electrons. The third kappa shape index (κ3) is 3.05. The number of aliphatic imine (C=N–C) groups is 1. The smallest absolute Gasteiger partial charge is 0.264 e. The lowest BCUT2D eigenvalue weighted by molar-refractivity contribution is 0.215. The van der Waals surface area contributed by atoms with Gasteiger partial charge in [-0.25, -0.2) is 4.99 Å². The molecule has 1 rings (SSSR count). The van der Waals surface area contributed by atoms with Gasteiger partial charge in [-0.05, 0) is 27.0 Å². The summed E-state index contributed by atoms with van der Waals surface area (Å²) in [6.45, 7) is 11.7. The highest BCUT2D eigenvalue weighted by Gasteiger charge is 2.40. The summed E-state index contributed by atoms with van der Waals surface area (Å²) >= 11 is 0. The number of nitrogens with zero attached hydrogens (tertiary/aromatic N) is 2. The van der Waals surface area contributed by atoms with Crippen molar-refractivity contribution < 1.29 is 12.6 Å². The normalized spacial score (nSPS) is 24.4. The van der Waals surface area contributed by atoms with E-state index >= 15 is 0 Å². The van der Waals surface area contributed by atoms with E-state index in [1.165, 1.54) is 0 Å². The molecule has 0 spiro atoms. The summed E-state index contributed by atoms with van der Waals surface area (Å²) in [5, 5.41) is 0. The zero-order valence-electron chi connectivity index (χ0n) is 9.93. The highest BCUT2D eigenvalue weighted by atomic mass is 32.2. The SMILES string of the molecule is C=NC(=C)N1CC(OS(C)(=O)=O)CC1(C)C. The average molecular weight is 246 g/mol. The first-order valence-electron chi connectivity index (χ1n) is 4.97. The van der Waals surface area contributed by atoms with Gasteiger partial charge in [-0.3, -0.25) is 4.18 Å². The first kappa shape index (κ1) is 13.2. The topological polar surface area (TPSA) is 59.0 Å². The predicted octanol–water partition coefficient (Wildman–Crippen LogP) is 0.987. The van der Waals surface area contributed by atoms with Crippen LogP contribution < -0.4 is 0 Å². The van der Waals surface area contributed by atoms with Crippen molar-refractivity contribution in [2.24, 2.45) is 4.99 Å². The lowest BCUT2D eigenvalue weighted by atomic mass is 10.0. The molecule has 16 heavy (non-hydrogen) atoms. The van der Waals surface area contributed by atoms with Gasteiger partial charge >= 0.3 is 0 Å². The van der Waals surface area contributed by atoms with E-state index in [0.29, 0.717) is 18.8 Å². The summed E-state index contributed by atoms with van der Waals surface area (Å²) in [6.07, 6.45) is 1.33. The Kier molecular flexibility index (Phi) is 3.44. The lowest BCUT2D eigenvalue weighted by Crippen LogP contribution is -2.36. The van der Waals surface area contributed by atoms with Crippen LogP contribution in [0.4, 0.5) is 0 Å². The predicted molar refractivity (Wildman–Crippen MR) is 63.8 cm³/mol. The second-order valence-electron chi connectivity index (χ2n) is 4.62. The van der Waals surface area contributed by atoms with Gasteiger partial charge in [0.05, 0.1) is 12.4 Å². The highest BCUT2D eigenvalue weighted by molar-refractivity contribution is 7.86. The Morgan fingerprint density at radius 1 is 1.56 bits per heavy atom. The number of rotatable bonds is 4. The molecule has 92 valence electrons. The summed E-state index contributed by atoms with van der Waals surface area (Å²) in [7, 11) is -3.42. The van der Waals surface area contributed by atoms with Crippen LogP contribution in [0.15, 0.2) is 17.4 Å². The molecule has 5 nitrogen and oxygen atoms in total. The maximum absolute atomic E-state index is 11.0. The van der Waals surface area contributed by atoms with Crippen LogP contribution in [0.2, 0.25) is 0 Å². The van der Waals surface area contributed by atoms with E-state index in [1.807, 2.05) is 18.7 Å². The Bertz CT molecular complexity index is 400. The molecule has 0 bridgehead atoms. The largest absolute Gasteiger partial charge is 0.349 e. The Morgan fingerprint density at radius 2 is 2.12 bits per heavy atom. The van der Waals surface area contributed by atoms with Gasteiger partial charge in [0, 0.05) is 12.1 Å². The molecule has 0 N–H and O–H groups in total. The van der Waals surface area contributed by atoms with Gasteiger partial charge < -0.3 is 4.90 Å². The third-order valence-electron chi connectivity index (χ3n) is 2.65. The van der Waals surface area contributed by atoms with Gasteiger partial charge in [-0.15, -0.1) is 0 Å². The maximum Gasteiger partial charge on any atom is 0.264 e. The first-order valence-corrected chi connectivity index (χ1v) is 6.79. The number of hydrogen-bond donors (Lipinski definition) is 0. The fraction of sp³-hybridized carbons (Fsp3) is 0.700. The minimum Gasteiger partial charge on any atom is -0.349 e. The summed E-state index contributed by atoms with van der Waals surface area (Å²) in [5.74, 6) is 0.546. The summed E-state index contributed by atoms with van der Waals surface area (Å²) in [5.41, 5.74) is -0.215. The molecule has 1 heterocycles. The molecule has 1 aliphatic rings. The van der Waals surface area contributed by atoms with Crippen LogP contribution >= 0.6 is 0 Å². The van der Waals surface area contributed by atoms with Crippen molar-refractivity contribution in [3.63, 3.8) is 0 Å². The van der Waals surface area contributed by atoms with Crippen molar-refractivity contribution >= 4 is 16.8 Å². The fourth-order valence-electron chi connectivity index (χ4n) is 2.03. The second-order valence-corrected chi connectivity index (χ2v) is 6.22. The summed E-state index contributed by atoms with van der Waals surface area (Å²) in [6, 6.07) is 0. The molecule has 6 heteroatoms. The molecule has 0 aliphatic carbocycles. The monoisotopic (exact) mass is 246 g/mol. The second kappa shape index (κ2) is 4.18. The van der Waals surface area contributed by atoms with E-state index in [0.717, 1.165) is 6.26 Å². The molecule has 1 atom stereocenters. The van der Waals surface area contributed by atoms with Gasteiger partial charge in [0.2, 0.25) is 0 Å². The van der Waals surface area contributed by atoms with Crippen LogP contribution in [-0.4, -0.2) is 44.5 Å². The minimum absolute atomic E-state index is 0.215. The molecule has 0 saturated carbocycles. The molecular weight excluding hydrogens is 228 g/mol. The van der Waals surface area contributed by atoms with Crippen molar-refractivity contribution in [2.75, 3.05) is 12.8 Å². The molecular formula is C10H18N2O3S. The van der Waals surface area contributed by atoms with Crippen molar-refractivity contribution in [3.8, 4) is 0 Å². The van der Waals surface area contributed by atoms with Crippen molar-refractivity contribution in [3.05, 3.63) is 12.4 Å². The molecule has 0 aromatic heterocycles. The fourth-order valence-corrected chi connectivity index (χ4v) is 2.66. The van der Waals surface area contributed by atoms with E-state index in [-0.39, 0.29) is 11.6 Å². The van der Waals surface area contributed by atoms with Crippen LogP contribution in [0, 0.1) is 0 Å². The quantitative estimate of drug-likeness (QED) is 0.548. The van der Waals surface area contributed by atoms with Gasteiger partial charge in [0.15, 0.2) is 0 Å². The van der Waals surface area contributed by atoms with Crippen LogP contribution in [-0.2, 0) is 14.3 Å².